The molecule has 1 unspecified atom stereocenters. The van der Waals surface area contributed by atoms with Crippen molar-refractivity contribution in [3.63, 3.8) is 0 Å². The standard InChI is InChI=1S/C15H24N6/c1-3-4-11-13-14(19(2)18-11)21(15(16)17-13)12-9-20-7-5-10(12)6-8-20/h10,12H,3-9H2,1-2H3,(H2,16,17). The van der Waals surface area contributed by atoms with Crippen LogP contribution in [0.25, 0.3) is 11.2 Å². The Hall–Kier alpha value is -1.56. The second kappa shape index (κ2) is 4.73. The first-order valence-electron chi connectivity index (χ1n) is 8.10. The molecule has 3 aliphatic heterocycles. The van der Waals surface area contributed by atoms with E-state index in [0.717, 1.165) is 42.2 Å². The van der Waals surface area contributed by atoms with Crippen LogP contribution in [0.3, 0.4) is 0 Å². The summed E-state index contributed by atoms with van der Waals surface area (Å²) in [7, 11) is 2.01. The van der Waals surface area contributed by atoms with E-state index in [4.69, 9.17) is 5.73 Å². The SMILES string of the molecule is CCCc1nn(C)c2c1nc(N)n2C1CN2CCC1CC2. The van der Waals surface area contributed by atoms with E-state index in [0.29, 0.717) is 12.0 Å². The van der Waals surface area contributed by atoms with Gasteiger partial charge in [0, 0.05) is 13.6 Å². The molecule has 3 saturated heterocycles. The molecule has 5 rings (SSSR count). The fraction of sp³-hybridized carbons (Fsp3) is 0.733. The highest BCUT2D eigenvalue weighted by Gasteiger charge is 2.37. The Morgan fingerprint density at radius 2 is 2.05 bits per heavy atom. The van der Waals surface area contributed by atoms with Crippen molar-refractivity contribution in [2.75, 3.05) is 25.4 Å². The lowest BCUT2D eigenvalue weighted by Gasteiger charge is -2.45. The summed E-state index contributed by atoms with van der Waals surface area (Å²) in [6.45, 7) is 5.76. The monoisotopic (exact) mass is 288 g/mol. The maximum Gasteiger partial charge on any atom is 0.202 e. The molecule has 0 aromatic carbocycles. The number of aromatic nitrogens is 4. The quantitative estimate of drug-likeness (QED) is 0.931. The molecule has 114 valence electrons. The number of nitrogen functional groups attached to an aromatic ring is 1. The predicted molar refractivity (Wildman–Crippen MR) is 83.1 cm³/mol. The predicted octanol–water partition coefficient (Wildman–Crippen LogP) is 1.57. The number of hydrogen-bond donors (Lipinski definition) is 1. The Labute approximate surface area is 124 Å². The van der Waals surface area contributed by atoms with E-state index in [9.17, 15) is 0 Å². The van der Waals surface area contributed by atoms with Gasteiger partial charge in [0.25, 0.3) is 0 Å². The number of anilines is 1. The molecule has 3 fully saturated rings. The lowest BCUT2D eigenvalue weighted by molar-refractivity contribution is 0.0593. The Bertz CT molecular complexity index is 661. The zero-order valence-corrected chi connectivity index (χ0v) is 12.9. The van der Waals surface area contributed by atoms with Crippen LogP contribution < -0.4 is 5.73 Å². The van der Waals surface area contributed by atoms with Gasteiger partial charge in [-0.25, -0.2) is 4.98 Å². The van der Waals surface area contributed by atoms with Crippen LogP contribution >= 0.6 is 0 Å². The van der Waals surface area contributed by atoms with Crippen molar-refractivity contribution >= 4 is 17.1 Å². The van der Waals surface area contributed by atoms with Crippen molar-refractivity contribution < 1.29 is 0 Å². The molecule has 2 N–H and O–H groups in total. The number of rotatable bonds is 3. The topological polar surface area (TPSA) is 64.9 Å². The van der Waals surface area contributed by atoms with E-state index in [2.05, 4.69) is 26.5 Å². The summed E-state index contributed by atoms with van der Waals surface area (Å²) in [6, 6.07) is 0.461. The fourth-order valence-electron chi connectivity index (χ4n) is 4.18. The molecule has 0 radical (unpaired) electrons. The molecule has 0 saturated carbocycles. The van der Waals surface area contributed by atoms with Gasteiger partial charge in [0.05, 0.1) is 11.7 Å². The number of nitrogens with two attached hydrogens (primary N) is 1. The summed E-state index contributed by atoms with van der Waals surface area (Å²) in [6.07, 6.45) is 4.61. The summed E-state index contributed by atoms with van der Waals surface area (Å²) in [5.41, 5.74) is 9.49. The molecule has 21 heavy (non-hydrogen) atoms. The van der Waals surface area contributed by atoms with E-state index in [-0.39, 0.29) is 0 Å². The summed E-state index contributed by atoms with van der Waals surface area (Å²) >= 11 is 0. The number of hydrogen-bond acceptors (Lipinski definition) is 4. The Morgan fingerprint density at radius 3 is 2.67 bits per heavy atom. The van der Waals surface area contributed by atoms with Crippen LogP contribution in [0.15, 0.2) is 0 Å². The maximum atomic E-state index is 6.29. The minimum atomic E-state index is 0.461. The molecule has 2 aromatic rings. The maximum absolute atomic E-state index is 6.29. The Balaban J connectivity index is 1.83. The molecule has 1 atom stereocenters. The van der Waals surface area contributed by atoms with Gasteiger partial charge in [0.1, 0.15) is 5.52 Å². The third-order valence-electron chi connectivity index (χ3n) is 5.20. The van der Waals surface area contributed by atoms with Gasteiger partial charge in [-0.05, 0) is 38.3 Å². The summed E-state index contributed by atoms with van der Waals surface area (Å²) in [4.78, 5) is 7.20. The molecule has 6 heteroatoms. The first-order chi connectivity index (χ1) is 10.2. The van der Waals surface area contributed by atoms with Crippen molar-refractivity contribution in [2.45, 2.75) is 38.6 Å². The number of fused-ring (bicyclic) bond motifs is 4. The summed E-state index contributed by atoms with van der Waals surface area (Å²) in [5, 5.41) is 4.66. The van der Waals surface area contributed by atoms with E-state index in [1.54, 1.807) is 0 Å². The van der Waals surface area contributed by atoms with Crippen LogP contribution in [0.5, 0.6) is 0 Å². The van der Waals surface area contributed by atoms with Gasteiger partial charge in [-0.3, -0.25) is 9.25 Å². The second-order valence-electron chi connectivity index (χ2n) is 6.54. The molecule has 3 aliphatic rings. The highest BCUT2D eigenvalue weighted by Crippen LogP contribution is 2.39. The number of nitrogens with zero attached hydrogens (tertiary/aromatic N) is 5. The molecule has 0 amide bonds. The zero-order valence-electron chi connectivity index (χ0n) is 12.9. The minimum absolute atomic E-state index is 0.461. The molecule has 0 aliphatic carbocycles. The lowest BCUT2D eigenvalue weighted by Crippen LogP contribution is -2.48. The Kier molecular flexibility index (Phi) is 2.96. The molecule has 6 nitrogen and oxygen atoms in total. The van der Waals surface area contributed by atoms with Gasteiger partial charge in [-0.15, -0.1) is 0 Å². The largest absolute Gasteiger partial charge is 0.369 e. The van der Waals surface area contributed by atoms with Crippen molar-refractivity contribution in [1.29, 1.82) is 0 Å². The molecule has 2 aromatic heterocycles. The van der Waals surface area contributed by atoms with Crippen molar-refractivity contribution in [3.8, 4) is 0 Å². The average molecular weight is 288 g/mol. The van der Waals surface area contributed by atoms with E-state index < -0.39 is 0 Å². The van der Waals surface area contributed by atoms with Gasteiger partial charge in [-0.2, -0.15) is 5.10 Å². The van der Waals surface area contributed by atoms with Gasteiger partial charge in [0.15, 0.2) is 5.65 Å². The number of imidazole rings is 1. The van der Waals surface area contributed by atoms with Crippen molar-refractivity contribution in [3.05, 3.63) is 5.69 Å². The van der Waals surface area contributed by atoms with Gasteiger partial charge >= 0.3 is 0 Å². The first-order valence-corrected chi connectivity index (χ1v) is 8.10. The van der Waals surface area contributed by atoms with Crippen LogP contribution in [-0.2, 0) is 13.5 Å². The van der Waals surface area contributed by atoms with Crippen molar-refractivity contribution in [1.82, 2.24) is 24.2 Å². The van der Waals surface area contributed by atoms with Crippen LogP contribution in [0.1, 0.15) is 37.9 Å². The average Bonchev–Trinajstić information content (AvgIpc) is 2.98. The number of piperidine rings is 3. The normalized spacial score (nSPS) is 28.6. The van der Waals surface area contributed by atoms with Gasteiger partial charge in [-0.1, -0.05) is 13.3 Å². The smallest absolute Gasteiger partial charge is 0.202 e. The highest BCUT2D eigenvalue weighted by molar-refractivity contribution is 5.78. The number of aryl methyl sites for hydroxylation is 2. The molecular formula is C15H24N6. The van der Waals surface area contributed by atoms with Crippen LogP contribution in [-0.4, -0.2) is 43.9 Å². The third-order valence-corrected chi connectivity index (χ3v) is 5.20. The van der Waals surface area contributed by atoms with E-state index in [1.807, 2.05) is 11.7 Å². The van der Waals surface area contributed by atoms with Gasteiger partial charge in [0.2, 0.25) is 5.95 Å². The first kappa shape index (κ1) is 13.1. The van der Waals surface area contributed by atoms with Gasteiger partial charge < -0.3 is 10.6 Å². The highest BCUT2D eigenvalue weighted by atomic mass is 15.4. The zero-order chi connectivity index (χ0) is 14.6. The van der Waals surface area contributed by atoms with Crippen LogP contribution in [0.2, 0.25) is 0 Å². The molecule has 2 bridgehead atoms. The molecule has 5 heterocycles. The molecule has 0 spiro atoms. The third kappa shape index (κ3) is 1.88. The molecular weight excluding hydrogens is 264 g/mol. The van der Waals surface area contributed by atoms with E-state index in [1.165, 1.54) is 25.9 Å². The van der Waals surface area contributed by atoms with Crippen LogP contribution in [0, 0.1) is 5.92 Å². The summed E-state index contributed by atoms with van der Waals surface area (Å²) < 4.78 is 4.23. The lowest BCUT2D eigenvalue weighted by atomic mass is 9.84. The van der Waals surface area contributed by atoms with E-state index >= 15 is 0 Å². The van der Waals surface area contributed by atoms with Crippen molar-refractivity contribution in [2.24, 2.45) is 13.0 Å². The van der Waals surface area contributed by atoms with Crippen LogP contribution in [0.4, 0.5) is 5.95 Å². The Morgan fingerprint density at radius 1 is 1.29 bits per heavy atom. The minimum Gasteiger partial charge on any atom is -0.369 e. The summed E-state index contributed by atoms with van der Waals surface area (Å²) in [5.74, 6) is 1.40. The fourth-order valence-corrected chi connectivity index (χ4v) is 4.18. The second-order valence-corrected chi connectivity index (χ2v) is 6.54.